The fourth-order valence-corrected chi connectivity index (χ4v) is 15.7. The van der Waals surface area contributed by atoms with Gasteiger partial charge in [0.15, 0.2) is 5.69 Å². The molecule has 0 bridgehead atoms. The molecule has 0 spiro atoms. The first-order chi connectivity index (χ1) is 67.2. The summed E-state index contributed by atoms with van der Waals surface area (Å²) in [5, 5.41) is 60.6. The Morgan fingerprint density at radius 3 is 1.09 bits per heavy atom. The molecular weight excluding hydrogens is 1970 g/mol. The Kier molecular flexibility index (Phi) is 36.2. The molecule has 27 heteroatoms. The minimum atomic E-state index is -0.901. The molecule has 0 fully saturated rings. The van der Waals surface area contributed by atoms with Crippen molar-refractivity contribution in [3.63, 3.8) is 0 Å². The molecular formula is C113H84BBrF5IN11O7S. The second-order valence-corrected chi connectivity index (χ2v) is 32.4. The van der Waals surface area contributed by atoms with Gasteiger partial charge in [-0.25, -0.2) is 26.8 Å². The number of nitriles is 4. The molecule has 1 radical (unpaired) electrons. The van der Waals surface area contributed by atoms with E-state index in [9.17, 15) is 48.0 Å². The zero-order valence-corrected chi connectivity index (χ0v) is 77.5. The van der Waals surface area contributed by atoms with E-state index >= 15 is 0 Å². The van der Waals surface area contributed by atoms with E-state index in [4.69, 9.17) is 35.5 Å². The topological polar surface area (TPSA) is 234 Å². The van der Waals surface area contributed by atoms with E-state index in [-0.39, 0.29) is 57.0 Å². The summed E-state index contributed by atoms with van der Waals surface area (Å²) in [6, 6.07) is 108. The molecule has 15 aromatic carbocycles. The Hall–Kier alpha value is -16.8. The van der Waals surface area contributed by atoms with Gasteiger partial charge in [0.05, 0.1) is 82.4 Å². The molecule has 691 valence electrons. The van der Waals surface area contributed by atoms with Crippen LogP contribution in [0.1, 0.15) is 48.2 Å². The van der Waals surface area contributed by atoms with Gasteiger partial charge in [-0.15, -0.1) is 6.58 Å². The largest absolute Gasteiger partial charge is 0.457 e. The van der Waals surface area contributed by atoms with Crippen molar-refractivity contribution in [2.75, 3.05) is 6.61 Å². The zero-order valence-electron chi connectivity index (χ0n) is 72.9. The number of halogens is 7. The normalized spacial score (nSPS) is 10.5. The Morgan fingerprint density at radius 1 is 0.421 bits per heavy atom. The number of nitrogens with one attached hydrogen (secondary N) is 1. The monoisotopic (exact) mass is 2050 g/mol. The van der Waals surface area contributed by atoms with E-state index < -0.39 is 6.10 Å². The maximum absolute atomic E-state index is 13.0. The average Bonchev–Trinajstić information content (AvgIpc) is 1.62. The summed E-state index contributed by atoms with van der Waals surface area (Å²) in [4.78, 5) is 6.64. The molecule has 0 saturated carbocycles. The maximum Gasteiger partial charge on any atom is 0.197 e. The van der Waals surface area contributed by atoms with Crippen LogP contribution in [0.5, 0.6) is 57.5 Å². The Bertz CT molecular complexity index is 7810. The minimum Gasteiger partial charge on any atom is -0.457 e. The predicted octanol–water partition coefficient (Wildman–Crippen LogP) is 30.5. The molecule has 0 saturated heterocycles. The minimum absolute atomic E-state index is 0. The van der Waals surface area contributed by atoms with Gasteiger partial charge in [0.1, 0.15) is 86.6 Å². The van der Waals surface area contributed by atoms with Crippen molar-refractivity contribution in [3.05, 3.63) is 471 Å². The number of aromatic amines is 1. The van der Waals surface area contributed by atoms with Crippen LogP contribution in [-0.2, 0) is 12.8 Å². The van der Waals surface area contributed by atoms with Crippen LogP contribution in [0.3, 0.4) is 0 Å². The molecule has 5 aromatic heterocycles. The first-order valence-electron chi connectivity index (χ1n) is 42.2. The van der Waals surface area contributed by atoms with Crippen LogP contribution in [0.25, 0.3) is 82.1 Å². The van der Waals surface area contributed by atoms with Gasteiger partial charge >= 0.3 is 24.8 Å². The molecule has 20 aromatic rings. The van der Waals surface area contributed by atoms with Crippen LogP contribution in [-0.4, -0.2) is 53.8 Å². The molecule has 18 nitrogen and oxygen atoms in total. The van der Waals surface area contributed by atoms with Crippen LogP contribution in [0.15, 0.2) is 398 Å². The molecule has 0 aliphatic heterocycles. The van der Waals surface area contributed by atoms with Crippen molar-refractivity contribution >= 4 is 119 Å². The first kappa shape index (κ1) is 102. The fraction of sp³-hybridized carbons (Fsp3) is 0.0531. The number of hydrogen-bond donors (Lipinski definition) is 4. The number of nitrogens with zero attached hydrogens (tertiary/aromatic N) is 10. The van der Waals surface area contributed by atoms with Gasteiger partial charge in [0.2, 0.25) is 0 Å². The second-order valence-electron chi connectivity index (χ2n) is 30.1. The van der Waals surface area contributed by atoms with E-state index in [1.807, 2.05) is 257 Å². The number of rotatable bonds is 19. The number of fused-ring (bicyclic) bond motifs is 5. The van der Waals surface area contributed by atoms with Crippen molar-refractivity contribution in [1.29, 1.82) is 21.0 Å². The Labute approximate surface area is 833 Å². The van der Waals surface area contributed by atoms with Gasteiger partial charge in [-0.05, 0) is 365 Å². The second kappa shape index (κ2) is 49.6. The Morgan fingerprint density at radius 2 is 0.729 bits per heavy atom. The number of hydrogen-bond acceptors (Lipinski definition) is 13. The van der Waals surface area contributed by atoms with Gasteiger partial charge in [0.25, 0.3) is 0 Å². The standard InChI is InChI=1S/C24H19FN2O3.C24H17FN2O.C21H12BrFN2O.C21H13FN2O.C12H8FIO.C9H6N2.2CH4.BHNS/c25-18-4-8-21(9-5-18)30-22-10-6-19(7-11-22)27-14-17(12-20(29)15-28)24-16(13-26)2-1-3-23(24)27;1-2-4-18-16-27(23-6-3-5-17(15-26)24(18)23)20-9-13-22(14-10-20)28-21-11-7-19(25)8-12-21;1-24-19-3-2-4-20-21(19)18(22)13-25(20)15-7-11-17(12-8-15)26-16-9-5-14(23)6-10-16;22-16-4-8-18(9-5-16)25-19-10-6-17(7-11-19)24-13-12-20-15(14-23)2-1-3-21(20)24;13-9-1-5-11(6-2-9)15-12-7-3-10(14)4-8-12;10-6-7-2-1-3-9-8(7)4-5-11-9;;;1-2-3/h1-11,14,20,28-29H,12,15H2;2-3,5-14,16H,1,4H2;2-13H;1-13H;1-8H;1-5,11H;2*1H4;3H/t20-;;;;;;;;/m0......../s1. The summed E-state index contributed by atoms with van der Waals surface area (Å²) in [5.41, 5.74) is 13.5. The molecule has 0 aliphatic rings. The molecule has 5 heterocycles. The third-order valence-corrected chi connectivity index (χ3v) is 22.4. The zero-order chi connectivity index (χ0) is 97.0. The third-order valence-electron chi connectivity index (χ3n) is 21.1. The van der Waals surface area contributed by atoms with Crippen molar-refractivity contribution < 1.29 is 55.8 Å². The van der Waals surface area contributed by atoms with Crippen LogP contribution in [0.4, 0.5) is 27.6 Å². The van der Waals surface area contributed by atoms with Crippen LogP contribution in [0, 0.1) is 84.6 Å². The Balaban J connectivity index is 0.000000152. The molecule has 0 amide bonds. The molecule has 0 unspecified atom stereocenters. The van der Waals surface area contributed by atoms with E-state index in [2.05, 4.69) is 109 Å². The number of thiol groups is 1. The molecule has 1 atom stereocenters. The van der Waals surface area contributed by atoms with Gasteiger partial charge in [0, 0.05) is 106 Å². The number of allylic oxidation sites excluding steroid dienone is 1. The van der Waals surface area contributed by atoms with E-state index in [0.717, 1.165) is 108 Å². The van der Waals surface area contributed by atoms with Crippen LogP contribution >= 0.6 is 51.3 Å². The van der Waals surface area contributed by atoms with Crippen LogP contribution in [0.2, 0.25) is 0 Å². The van der Waals surface area contributed by atoms with Gasteiger partial charge < -0.3 is 57.1 Å². The summed E-state index contributed by atoms with van der Waals surface area (Å²) >= 11 is 8.97. The summed E-state index contributed by atoms with van der Waals surface area (Å²) in [5.74, 6) is 4.80. The molecule has 20 rings (SSSR count). The number of H-pyrrole nitrogens is 1. The number of aliphatic hydroxyl groups excluding tert-OH is 2. The van der Waals surface area contributed by atoms with Crippen LogP contribution < -0.4 is 23.7 Å². The molecule has 3 N–H and O–H groups in total. The third kappa shape index (κ3) is 26.1. The quantitative estimate of drug-likeness (QED) is 0.0148. The number of ether oxygens (including phenoxy) is 5. The van der Waals surface area contributed by atoms with E-state index in [1.165, 1.54) is 60.7 Å². The maximum atomic E-state index is 13.0. The van der Waals surface area contributed by atoms with Gasteiger partial charge in [-0.3, -0.25) is 0 Å². The summed E-state index contributed by atoms with van der Waals surface area (Å²) in [6.07, 6.45) is 11.5. The number of aliphatic hydroxyl groups is 2. The van der Waals surface area contributed by atoms with Crippen molar-refractivity contribution in [2.45, 2.75) is 33.8 Å². The fourth-order valence-electron chi connectivity index (χ4n) is 14.7. The van der Waals surface area contributed by atoms with Gasteiger partial charge in [-0.1, -0.05) is 57.3 Å². The SMILES string of the molecule is C.C.C=CCc1cn(-c2ccc(Oc3ccc(F)cc3)cc2)c2cccc(C#N)c12.Fc1ccc(Oc2ccc(I)cc2)cc1.N#Cc1cccc2[nH]ccc12.N#Cc1cccc2c1c(C[C@H](O)CO)cn2-c1ccc(Oc2ccc(F)cc2)cc1.N#Cc1cccc2c1ccn2-c1ccc(Oc2ccc(F)cc2)cc1.[B]=NS.[C-]#[N+]c1cccc2c1c(Br)cn2-c1ccc(Oc2ccc(F)cc2)cc1. The molecule has 140 heavy (non-hydrogen) atoms. The summed E-state index contributed by atoms with van der Waals surface area (Å²) in [6.45, 7) is 10.8. The number of benzene rings is 15. The van der Waals surface area contributed by atoms with Gasteiger partial charge in [-0.2, -0.15) is 21.0 Å². The summed E-state index contributed by atoms with van der Waals surface area (Å²) in [7, 11) is 4.34. The average molecular weight is 2050 g/mol. The number of aromatic nitrogens is 5. The van der Waals surface area contributed by atoms with Crippen molar-refractivity contribution in [3.8, 4) is 105 Å². The molecule has 0 aliphatic carbocycles. The smallest absolute Gasteiger partial charge is 0.197 e. The first-order valence-corrected chi connectivity index (χ1v) is 44.5. The van der Waals surface area contributed by atoms with E-state index in [0.29, 0.717) is 80.5 Å². The van der Waals surface area contributed by atoms with Crippen molar-refractivity contribution in [2.24, 2.45) is 4.30 Å². The van der Waals surface area contributed by atoms with E-state index in [1.54, 1.807) is 78.9 Å². The van der Waals surface area contributed by atoms with Crippen molar-refractivity contribution in [1.82, 2.24) is 23.3 Å². The predicted molar refractivity (Wildman–Crippen MR) is 557 cm³/mol. The summed E-state index contributed by atoms with van der Waals surface area (Å²) < 4.78 is 106.